The monoisotopic (exact) mass is 921 g/mol. The molecule has 5 aromatic rings. The van der Waals surface area contributed by atoms with Gasteiger partial charge in [0.25, 0.3) is 0 Å². The summed E-state index contributed by atoms with van der Waals surface area (Å²) in [6, 6.07) is 17.1. The number of carbonyl (C=O) groups excluding carboxylic acids is 1. The molecule has 18 heteroatoms. The summed E-state index contributed by atoms with van der Waals surface area (Å²) in [6.07, 6.45) is -3.74. The van der Waals surface area contributed by atoms with E-state index < -0.39 is 52.2 Å². The molecule has 12 nitrogen and oxygen atoms in total. The van der Waals surface area contributed by atoms with E-state index in [0.29, 0.717) is 56.9 Å². The topological polar surface area (TPSA) is 106 Å². The average molecular weight is 922 g/mol. The van der Waals surface area contributed by atoms with Gasteiger partial charge in [-0.05, 0) is 79.4 Å². The number of benzene rings is 3. The number of pyridine rings is 1. The van der Waals surface area contributed by atoms with E-state index in [4.69, 9.17) is 35.5 Å². The second-order valence-electron chi connectivity index (χ2n) is 17.6. The second-order valence-corrected chi connectivity index (χ2v) is 18.0. The Bertz CT molecular complexity index is 2550. The van der Waals surface area contributed by atoms with Crippen molar-refractivity contribution in [1.29, 1.82) is 0 Å². The molecule has 344 valence electrons. The van der Waals surface area contributed by atoms with E-state index in [1.807, 2.05) is 29.2 Å². The molecule has 4 fully saturated rings. The largest absolute Gasteiger partial charge is 0.497 e. The van der Waals surface area contributed by atoms with E-state index >= 15 is 17.6 Å². The Morgan fingerprint density at radius 2 is 1.57 bits per heavy atom. The number of likely N-dealkylation sites (N-methyl/N-ethyl adjacent to an activating group) is 1. The Morgan fingerprint density at radius 3 is 2.15 bits per heavy atom. The second kappa shape index (κ2) is 17.3. The van der Waals surface area contributed by atoms with Gasteiger partial charge in [0, 0.05) is 64.4 Å². The van der Waals surface area contributed by atoms with Gasteiger partial charge in [-0.15, -0.1) is 0 Å². The minimum atomic E-state index is -4.97. The zero-order chi connectivity index (χ0) is 45.8. The zero-order valence-electron chi connectivity index (χ0n) is 36.5. The number of ether oxygens (including phenoxy) is 4. The van der Waals surface area contributed by atoms with Gasteiger partial charge in [0.1, 0.15) is 47.0 Å². The van der Waals surface area contributed by atoms with Crippen molar-refractivity contribution in [3.05, 3.63) is 93.8 Å². The number of piperidine rings is 1. The number of aryl methyl sites for hydroxylation is 1. The van der Waals surface area contributed by atoms with Crippen molar-refractivity contribution in [3.8, 4) is 28.8 Å². The SMILES string of the molecule is COc1ccc(CN(Cc2ccc(OC)cc2)c2cc(C)c(C(F)(F)F)c(-c3c(Cl)cc4c(N5CCC6(CC5)CN(C)C(=O)O6)nc(OC[C@@]56CCCN5C[C@H](F)C6)nc4c3F)n2)cc1. The summed E-state index contributed by atoms with van der Waals surface area (Å²) in [6.45, 7) is 3.86. The molecule has 4 aliphatic rings. The number of halogens is 6. The van der Waals surface area contributed by atoms with Gasteiger partial charge in [0.15, 0.2) is 5.82 Å². The van der Waals surface area contributed by atoms with Crippen molar-refractivity contribution < 1.29 is 45.7 Å². The van der Waals surface area contributed by atoms with Gasteiger partial charge in [-0.1, -0.05) is 35.9 Å². The fourth-order valence-corrected chi connectivity index (χ4v) is 10.3. The number of alkyl halides is 4. The molecule has 9 rings (SSSR count). The molecule has 2 aromatic heterocycles. The summed E-state index contributed by atoms with van der Waals surface area (Å²) in [5.41, 5.74) is -2.64. The summed E-state index contributed by atoms with van der Waals surface area (Å²) >= 11 is 6.97. The third kappa shape index (κ3) is 8.64. The van der Waals surface area contributed by atoms with Gasteiger partial charge in [0.05, 0.1) is 48.1 Å². The lowest BCUT2D eigenvalue weighted by molar-refractivity contribution is -0.137. The van der Waals surface area contributed by atoms with Crippen molar-refractivity contribution in [2.45, 2.75) is 75.6 Å². The first-order valence-corrected chi connectivity index (χ1v) is 22.0. The molecule has 0 N–H and O–H groups in total. The van der Waals surface area contributed by atoms with Gasteiger partial charge in [0.2, 0.25) is 0 Å². The Hall–Kier alpha value is -5.68. The summed E-state index contributed by atoms with van der Waals surface area (Å²) in [5, 5.41) is -0.187. The fourth-order valence-electron chi connectivity index (χ4n) is 9.99. The van der Waals surface area contributed by atoms with Crippen LogP contribution in [-0.4, -0.2) is 109 Å². The van der Waals surface area contributed by atoms with Gasteiger partial charge >= 0.3 is 18.3 Å². The molecule has 0 saturated carbocycles. The molecule has 0 radical (unpaired) electrons. The first-order valence-electron chi connectivity index (χ1n) is 21.6. The smallest absolute Gasteiger partial charge is 0.418 e. The zero-order valence-corrected chi connectivity index (χ0v) is 37.2. The summed E-state index contributed by atoms with van der Waals surface area (Å²) in [7, 11) is 4.78. The highest BCUT2D eigenvalue weighted by Crippen LogP contribution is 2.47. The first kappa shape index (κ1) is 44.5. The van der Waals surface area contributed by atoms with Crippen LogP contribution < -0.4 is 24.0 Å². The molecule has 6 heterocycles. The number of rotatable bonds is 12. The number of anilines is 2. The lowest BCUT2D eigenvalue weighted by atomic mass is 9.91. The van der Waals surface area contributed by atoms with Gasteiger partial charge in [-0.25, -0.2) is 18.6 Å². The Kier molecular flexibility index (Phi) is 11.8. The summed E-state index contributed by atoms with van der Waals surface area (Å²) < 4.78 is 101. The number of aromatic nitrogens is 3. The highest BCUT2D eigenvalue weighted by Gasteiger charge is 2.50. The molecule has 3 aromatic carbocycles. The molecule has 0 bridgehead atoms. The normalized spacial score (nSPS) is 20.7. The van der Waals surface area contributed by atoms with Crippen LogP contribution in [-0.2, 0) is 24.0 Å². The lowest BCUT2D eigenvalue weighted by Crippen LogP contribution is -2.47. The number of fused-ring (bicyclic) bond motifs is 2. The van der Waals surface area contributed by atoms with E-state index in [9.17, 15) is 9.18 Å². The summed E-state index contributed by atoms with van der Waals surface area (Å²) in [5.74, 6) is 0.513. The van der Waals surface area contributed by atoms with Crippen LogP contribution in [0.5, 0.6) is 17.5 Å². The van der Waals surface area contributed by atoms with Gasteiger partial charge in [-0.3, -0.25) is 4.90 Å². The van der Waals surface area contributed by atoms with Crippen molar-refractivity contribution in [2.75, 3.05) is 70.4 Å². The van der Waals surface area contributed by atoms with Crippen LogP contribution in [0.4, 0.5) is 38.4 Å². The van der Waals surface area contributed by atoms with Crippen LogP contribution in [0, 0.1) is 12.7 Å². The van der Waals surface area contributed by atoms with Crippen LogP contribution in [0.1, 0.15) is 54.4 Å². The molecule has 0 aliphatic carbocycles. The molecule has 65 heavy (non-hydrogen) atoms. The van der Waals surface area contributed by atoms with Crippen molar-refractivity contribution in [1.82, 2.24) is 24.8 Å². The molecule has 1 spiro atoms. The van der Waals surface area contributed by atoms with E-state index in [1.165, 1.54) is 24.0 Å². The van der Waals surface area contributed by atoms with Crippen molar-refractivity contribution >= 4 is 40.2 Å². The van der Waals surface area contributed by atoms with Crippen molar-refractivity contribution in [2.24, 2.45) is 0 Å². The highest BCUT2D eigenvalue weighted by atomic mass is 35.5. The van der Waals surface area contributed by atoms with Crippen LogP contribution >= 0.6 is 11.6 Å². The Balaban J connectivity index is 1.16. The van der Waals surface area contributed by atoms with Crippen LogP contribution in [0.15, 0.2) is 60.7 Å². The number of methoxy groups -OCH3 is 2. The maximum absolute atomic E-state index is 17.7. The standard InChI is InChI=1S/C47H49ClF5N7O5/c1-28-20-36(59(23-29-6-10-32(62-3)11-7-29)24-30-8-12-33(63-4)13-9-30)54-41(38(28)47(51,52)53)37-35(48)21-34-40(39(37)50)55-43(64-27-45-14-5-17-60(45)25-31(49)22-45)56-42(34)58-18-15-46(16-19-58)26-57(2)44(61)65-46/h6-13,20-21,31H,5,14-19,22-27H2,1-4H3/t31-,45+/m1/s1. The molecular formula is C47H49ClF5N7O5. The molecule has 1 amide bonds. The first-order chi connectivity index (χ1) is 31.1. The number of nitrogens with zero attached hydrogens (tertiary/aromatic N) is 7. The van der Waals surface area contributed by atoms with E-state index in [1.54, 1.807) is 50.4 Å². The maximum Gasteiger partial charge on any atom is 0.418 e. The summed E-state index contributed by atoms with van der Waals surface area (Å²) in [4.78, 5) is 33.6. The van der Waals surface area contributed by atoms with E-state index in [2.05, 4.69) is 14.9 Å². The van der Waals surface area contributed by atoms with Crippen LogP contribution in [0.25, 0.3) is 22.2 Å². The maximum atomic E-state index is 17.7. The molecule has 4 aliphatic heterocycles. The average Bonchev–Trinajstić information content (AvgIpc) is 3.90. The number of amides is 1. The van der Waals surface area contributed by atoms with Gasteiger partial charge < -0.3 is 33.6 Å². The van der Waals surface area contributed by atoms with E-state index in [0.717, 1.165) is 17.5 Å². The highest BCUT2D eigenvalue weighted by molar-refractivity contribution is 6.34. The van der Waals surface area contributed by atoms with Crippen molar-refractivity contribution in [3.63, 3.8) is 0 Å². The predicted molar refractivity (Wildman–Crippen MR) is 235 cm³/mol. The predicted octanol–water partition coefficient (Wildman–Crippen LogP) is 9.41. The minimum Gasteiger partial charge on any atom is -0.497 e. The minimum absolute atomic E-state index is 0.0328. The van der Waals surface area contributed by atoms with Crippen LogP contribution in [0.3, 0.4) is 0 Å². The Labute approximate surface area is 378 Å². The number of hydrogen-bond acceptors (Lipinski definition) is 11. The third-order valence-corrected chi connectivity index (χ3v) is 13.6. The number of hydrogen-bond donors (Lipinski definition) is 0. The fraction of sp³-hybridized carbons (Fsp3) is 0.447. The lowest BCUT2D eigenvalue weighted by Gasteiger charge is -2.38. The molecule has 4 saturated heterocycles. The third-order valence-electron chi connectivity index (χ3n) is 13.3. The van der Waals surface area contributed by atoms with E-state index in [-0.39, 0.29) is 71.8 Å². The molecular weight excluding hydrogens is 873 g/mol. The van der Waals surface area contributed by atoms with Crippen LogP contribution in [0.2, 0.25) is 5.02 Å². The molecule has 2 atom stereocenters. The quantitative estimate of drug-likeness (QED) is 0.112. The van der Waals surface area contributed by atoms with Gasteiger partial charge in [-0.2, -0.15) is 23.1 Å². The number of carbonyl (C=O) groups is 1. The molecule has 0 unspecified atom stereocenters. The Morgan fingerprint density at radius 1 is 0.923 bits per heavy atom.